The van der Waals surface area contributed by atoms with Crippen LogP contribution in [0.5, 0.6) is 0 Å². The molecule has 0 fully saturated rings. The van der Waals surface area contributed by atoms with Crippen LogP contribution in [-0.4, -0.2) is 4.98 Å². The van der Waals surface area contributed by atoms with Gasteiger partial charge in [-0.25, -0.2) is 0 Å². The summed E-state index contributed by atoms with van der Waals surface area (Å²) < 4.78 is 0. The summed E-state index contributed by atoms with van der Waals surface area (Å²) in [5, 5.41) is 1.30. The van der Waals surface area contributed by atoms with Crippen LogP contribution in [0, 0.1) is 0 Å². The molecule has 2 nitrogen and oxygen atoms in total. The van der Waals surface area contributed by atoms with Crippen molar-refractivity contribution in [3.05, 3.63) is 78.1 Å². The van der Waals surface area contributed by atoms with Gasteiger partial charge in [0.15, 0.2) is 0 Å². The van der Waals surface area contributed by atoms with E-state index in [4.69, 9.17) is 0 Å². The Morgan fingerprint density at radius 2 is 1.77 bits per heavy atom. The first kappa shape index (κ1) is 13.2. The molecule has 4 rings (SSSR count). The Hall–Kier alpha value is -2.48. The largest absolute Gasteiger partial charge is 0.361 e. The number of para-hydroxylation sites is 2. The number of aromatic nitrogens is 1. The van der Waals surface area contributed by atoms with Gasteiger partial charge in [0.05, 0.1) is 0 Å². The number of H-pyrrole nitrogens is 1. The normalized spacial score (nSPS) is 16.0. The van der Waals surface area contributed by atoms with Gasteiger partial charge in [-0.3, -0.25) is 0 Å². The minimum atomic E-state index is 0.0906. The Morgan fingerprint density at radius 1 is 1.00 bits per heavy atom. The number of nitrogens with one attached hydrogen (secondary N) is 1. The number of rotatable bonds is 2. The maximum atomic E-state index is 3.37. The maximum Gasteiger partial charge on any atom is 0.0497 e. The smallest absolute Gasteiger partial charge is 0.0497 e. The lowest BCUT2D eigenvalue weighted by Crippen LogP contribution is -2.27. The van der Waals surface area contributed by atoms with Crippen molar-refractivity contribution in [2.45, 2.75) is 25.8 Å². The van der Waals surface area contributed by atoms with Crippen LogP contribution in [0.25, 0.3) is 10.9 Å². The molecular weight excluding hydrogens is 268 g/mol. The van der Waals surface area contributed by atoms with Crippen LogP contribution >= 0.6 is 0 Å². The van der Waals surface area contributed by atoms with E-state index < -0.39 is 0 Å². The fourth-order valence-corrected chi connectivity index (χ4v) is 3.30. The van der Waals surface area contributed by atoms with Crippen molar-refractivity contribution in [2.24, 2.45) is 0 Å². The molecule has 0 radical (unpaired) electrons. The second-order valence-corrected chi connectivity index (χ2v) is 6.54. The highest BCUT2D eigenvalue weighted by molar-refractivity contribution is 5.83. The van der Waals surface area contributed by atoms with Crippen LogP contribution in [0.1, 0.15) is 25.0 Å². The molecule has 1 aliphatic heterocycles. The molecule has 2 aromatic carbocycles. The molecule has 3 aromatic rings. The molecule has 1 aliphatic rings. The molecule has 0 saturated carbocycles. The van der Waals surface area contributed by atoms with Crippen molar-refractivity contribution < 1.29 is 0 Å². The number of hydrogen-bond donors (Lipinski definition) is 1. The minimum Gasteiger partial charge on any atom is -0.361 e. The van der Waals surface area contributed by atoms with Crippen molar-refractivity contribution in [1.29, 1.82) is 0 Å². The number of hydrogen-bond acceptors (Lipinski definition) is 1. The van der Waals surface area contributed by atoms with E-state index >= 15 is 0 Å². The predicted molar refractivity (Wildman–Crippen MR) is 93.1 cm³/mol. The first-order valence-electron chi connectivity index (χ1n) is 7.76. The van der Waals surface area contributed by atoms with E-state index in [2.05, 4.69) is 90.7 Å². The Kier molecular flexibility index (Phi) is 2.86. The maximum absolute atomic E-state index is 3.37. The summed E-state index contributed by atoms with van der Waals surface area (Å²) >= 11 is 0. The molecule has 0 atom stereocenters. The molecule has 110 valence electrons. The number of aromatic amines is 1. The predicted octanol–water partition coefficient (Wildman–Crippen LogP) is 4.98. The van der Waals surface area contributed by atoms with E-state index in [9.17, 15) is 0 Å². The van der Waals surface area contributed by atoms with Crippen LogP contribution in [0.2, 0.25) is 0 Å². The SMILES string of the molecule is CC1(C)C=CN(Cc2c[nH]c3ccccc23)c2ccccc21. The number of nitrogens with zero attached hydrogens (tertiary/aromatic N) is 1. The van der Waals surface area contributed by atoms with Gasteiger partial charge in [0.1, 0.15) is 0 Å². The highest BCUT2D eigenvalue weighted by atomic mass is 15.1. The molecule has 0 amide bonds. The Morgan fingerprint density at radius 3 is 2.68 bits per heavy atom. The molecule has 0 spiro atoms. The molecule has 1 aromatic heterocycles. The van der Waals surface area contributed by atoms with Gasteiger partial charge in [-0.05, 0) is 23.3 Å². The van der Waals surface area contributed by atoms with E-state index in [1.807, 2.05) is 0 Å². The summed E-state index contributed by atoms with van der Waals surface area (Å²) in [5.74, 6) is 0. The molecule has 2 heterocycles. The summed E-state index contributed by atoms with van der Waals surface area (Å²) in [6.45, 7) is 5.42. The van der Waals surface area contributed by atoms with Crippen LogP contribution in [0.3, 0.4) is 0 Å². The summed E-state index contributed by atoms with van der Waals surface area (Å²) in [6, 6.07) is 17.2. The molecular formula is C20H20N2. The van der Waals surface area contributed by atoms with Crippen molar-refractivity contribution in [3.63, 3.8) is 0 Å². The van der Waals surface area contributed by atoms with Gasteiger partial charge >= 0.3 is 0 Å². The first-order valence-corrected chi connectivity index (χ1v) is 7.76. The number of allylic oxidation sites excluding steroid dienone is 1. The van der Waals surface area contributed by atoms with Gasteiger partial charge in [-0.1, -0.05) is 56.3 Å². The van der Waals surface area contributed by atoms with Crippen LogP contribution in [0.4, 0.5) is 5.69 Å². The third-order valence-corrected chi connectivity index (χ3v) is 4.59. The van der Waals surface area contributed by atoms with Crippen molar-refractivity contribution in [2.75, 3.05) is 4.90 Å². The number of anilines is 1. The van der Waals surface area contributed by atoms with Gasteiger partial charge in [-0.2, -0.15) is 0 Å². The van der Waals surface area contributed by atoms with Crippen molar-refractivity contribution in [3.8, 4) is 0 Å². The average molecular weight is 288 g/mol. The summed E-state index contributed by atoms with van der Waals surface area (Å²) in [7, 11) is 0. The zero-order valence-corrected chi connectivity index (χ0v) is 13.0. The molecule has 0 bridgehead atoms. The standard InChI is InChI=1S/C20H20N2/c1-20(2)11-12-22(19-10-6-4-8-17(19)20)14-15-13-21-18-9-5-3-7-16(15)18/h3-13,21H,14H2,1-2H3. The summed E-state index contributed by atoms with van der Waals surface area (Å²) in [5.41, 5.74) is 5.31. The van der Waals surface area contributed by atoms with Crippen LogP contribution < -0.4 is 4.90 Å². The summed E-state index contributed by atoms with van der Waals surface area (Å²) in [4.78, 5) is 5.71. The van der Waals surface area contributed by atoms with E-state index in [1.165, 1.54) is 27.7 Å². The van der Waals surface area contributed by atoms with Gasteiger partial charge in [-0.15, -0.1) is 0 Å². The highest BCUT2D eigenvalue weighted by Gasteiger charge is 2.26. The fourth-order valence-electron chi connectivity index (χ4n) is 3.30. The van der Waals surface area contributed by atoms with Crippen molar-refractivity contribution >= 4 is 16.6 Å². The minimum absolute atomic E-state index is 0.0906. The van der Waals surface area contributed by atoms with E-state index in [1.54, 1.807) is 0 Å². The Balaban J connectivity index is 1.75. The topological polar surface area (TPSA) is 19.0 Å². The molecule has 1 N–H and O–H groups in total. The second kappa shape index (κ2) is 4.77. The lowest BCUT2D eigenvalue weighted by molar-refractivity contribution is 0.650. The van der Waals surface area contributed by atoms with Gasteiger partial charge < -0.3 is 9.88 Å². The zero-order chi connectivity index (χ0) is 15.2. The molecule has 0 saturated heterocycles. The Labute approximate surface area is 131 Å². The van der Waals surface area contributed by atoms with E-state index in [0.717, 1.165) is 6.54 Å². The summed E-state index contributed by atoms with van der Waals surface area (Å²) in [6.07, 6.45) is 6.65. The van der Waals surface area contributed by atoms with Gasteiger partial charge in [0.25, 0.3) is 0 Å². The first-order chi connectivity index (χ1) is 10.6. The van der Waals surface area contributed by atoms with E-state index in [0.29, 0.717) is 0 Å². The molecule has 0 unspecified atom stereocenters. The lowest BCUT2D eigenvalue weighted by atomic mass is 9.81. The van der Waals surface area contributed by atoms with Crippen molar-refractivity contribution in [1.82, 2.24) is 4.98 Å². The van der Waals surface area contributed by atoms with Crippen LogP contribution in [-0.2, 0) is 12.0 Å². The van der Waals surface area contributed by atoms with Gasteiger partial charge in [0.2, 0.25) is 0 Å². The van der Waals surface area contributed by atoms with Crippen LogP contribution in [0.15, 0.2) is 67.0 Å². The second-order valence-electron chi connectivity index (χ2n) is 6.54. The lowest BCUT2D eigenvalue weighted by Gasteiger charge is -2.35. The molecule has 22 heavy (non-hydrogen) atoms. The molecule has 0 aliphatic carbocycles. The third kappa shape index (κ3) is 2.03. The quantitative estimate of drug-likeness (QED) is 0.704. The molecule has 2 heteroatoms. The Bertz CT molecular complexity index is 855. The highest BCUT2D eigenvalue weighted by Crippen LogP contribution is 2.38. The fraction of sp³-hybridized carbons (Fsp3) is 0.200. The zero-order valence-electron chi connectivity index (χ0n) is 13.0. The van der Waals surface area contributed by atoms with Gasteiger partial charge in [0, 0.05) is 40.9 Å². The number of benzene rings is 2. The third-order valence-electron chi connectivity index (χ3n) is 4.59. The van der Waals surface area contributed by atoms with E-state index in [-0.39, 0.29) is 5.41 Å². The number of fused-ring (bicyclic) bond motifs is 2. The monoisotopic (exact) mass is 288 g/mol. The average Bonchev–Trinajstić information content (AvgIpc) is 2.94.